The quantitative estimate of drug-likeness (QED) is 0.480. The van der Waals surface area contributed by atoms with Gasteiger partial charge < -0.3 is 14.9 Å². The number of rotatable bonds is 5. The summed E-state index contributed by atoms with van der Waals surface area (Å²) in [5.41, 5.74) is 3.23. The highest BCUT2D eigenvalue weighted by atomic mass is 32.2. The molecule has 2 fully saturated rings. The van der Waals surface area contributed by atoms with Crippen LogP contribution < -0.4 is 0 Å². The number of hydrogen-bond donors (Lipinski definition) is 2. The largest absolute Gasteiger partial charge is 0.490 e. The fraction of sp³-hybridized carbons (Fsp3) is 0.545. The Kier molecular flexibility index (Phi) is 10.9. The Labute approximate surface area is 222 Å². The average molecular weight is 590 g/mol. The first-order chi connectivity index (χ1) is 17.5. The van der Waals surface area contributed by atoms with E-state index in [0.29, 0.717) is 17.5 Å². The van der Waals surface area contributed by atoms with Gasteiger partial charge in [0.2, 0.25) is 0 Å². The Bertz CT molecular complexity index is 1070. The number of carbonyl (C=O) groups is 2. The Morgan fingerprint density at radius 2 is 1.63 bits per heavy atom. The predicted octanol–water partition coefficient (Wildman–Crippen LogP) is 4.70. The molecule has 16 heteroatoms. The molecule has 2 aliphatic rings. The lowest BCUT2D eigenvalue weighted by atomic mass is 9.93. The van der Waals surface area contributed by atoms with Gasteiger partial charge in [-0.1, -0.05) is 6.07 Å². The number of aliphatic carboxylic acids is 2. The van der Waals surface area contributed by atoms with Crippen LogP contribution in [0.15, 0.2) is 23.6 Å². The van der Waals surface area contributed by atoms with Gasteiger partial charge in [-0.3, -0.25) is 9.88 Å². The van der Waals surface area contributed by atoms with Crippen LogP contribution in [0, 0.1) is 13.8 Å². The standard InChI is InChI=1S/C18H23N3OS2.2C2HF3O2/c1-13-4-3-5-15(19-13)8-22-16-6-18(24-10-16)11-21(12-18)7-17-20-14(2)9-23-17;2*3-2(4,5)1(6)7/h3-5,9,16H,6-8,10-12H2,1-2H3;2*(H,6,7). The number of ether oxygens (including phenoxy) is 1. The molecule has 212 valence electrons. The van der Waals surface area contributed by atoms with Gasteiger partial charge in [-0.05, 0) is 32.4 Å². The molecule has 2 aliphatic heterocycles. The summed E-state index contributed by atoms with van der Waals surface area (Å²) >= 11 is 3.87. The van der Waals surface area contributed by atoms with E-state index in [9.17, 15) is 26.3 Å². The zero-order valence-corrected chi connectivity index (χ0v) is 21.8. The van der Waals surface area contributed by atoms with Gasteiger partial charge >= 0.3 is 24.3 Å². The molecule has 4 rings (SSSR count). The molecule has 8 nitrogen and oxygen atoms in total. The minimum atomic E-state index is -5.08. The molecule has 38 heavy (non-hydrogen) atoms. The van der Waals surface area contributed by atoms with Crippen LogP contribution in [0.4, 0.5) is 26.3 Å². The number of nitrogens with zero attached hydrogens (tertiary/aromatic N) is 3. The van der Waals surface area contributed by atoms with Gasteiger partial charge in [-0.15, -0.1) is 23.1 Å². The third-order valence-corrected chi connectivity index (χ3v) is 7.65. The van der Waals surface area contributed by atoms with Crippen molar-refractivity contribution in [2.75, 3.05) is 18.8 Å². The summed E-state index contributed by atoms with van der Waals surface area (Å²) in [6, 6.07) is 6.12. The van der Waals surface area contributed by atoms with Crippen molar-refractivity contribution in [2.45, 2.75) is 56.6 Å². The van der Waals surface area contributed by atoms with Crippen molar-refractivity contribution in [2.24, 2.45) is 0 Å². The van der Waals surface area contributed by atoms with Gasteiger partial charge in [0.25, 0.3) is 0 Å². The Hall–Kier alpha value is -2.43. The smallest absolute Gasteiger partial charge is 0.475 e. The molecule has 4 heterocycles. The molecular formula is C22H25F6N3O5S2. The zero-order valence-electron chi connectivity index (χ0n) is 20.2. The highest BCUT2D eigenvalue weighted by Gasteiger charge is 2.49. The van der Waals surface area contributed by atoms with Gasteiger partial charge in [0.15, 0.2) is 0 Å². The molecule has 1 atom stereocenters. The number of carboxylic acids is 2. The molecule has 1 unspecified atom stereocenters. The highest BCUT2D eigenvalue weighted by molar-refractivity contribution is 8.01. The predicted molar refractivity (Wildman–Crippen MR) is 127 cm³/mol. The van der Waals surface area contributed by atoms with Crippen molar-refractivity contribution in [1.82, 2.24) is 14.9 Å². The number of aryl methyl sites for hydroxylation is 2. The molecule has 0 radical (unpaired) electrons. The summed E-state index contributed by atoms with van der Waals surface area (Å²) in [5.74, 6) is -4.41. The normalized spacial score (nSPS) is 18.6. The number of thiazole rings is 1. The summed E-state index contributed by atoms with van der Waals surface area (Å²) in [6.07, 6.45) is -8.64. The molecule has 2 saturated heterocycles. The van der Waals surface area contributed by atoms with Crippen molar-refractivity contribution in [3.05, 3.63) is 45.7 Å². The number of aromatic nitrogens is 2. The molecule has 2 aromatic heterocycles. The Morgan fingerprint density at radius 3 is 2.11 bits per heavy atom. The topological polar surface area (TPSA) is 113 Å². The van der Waals surface area contributed by atoms with Gasteiger partial charge in [0, 0.05) is 40.4 Å². The lowest BCUT2D eigenvalue weighted by Crippen LogP contribution is -2.58. The first-order valence-corrected chi connectivity index (χ1v) is 12.8. The van der Waals surface area contributed by atoms with Gasteiger partial charge in [0.1, 0.15) is 5.01 Å². The van der Waals surface area contributed by atoms with E-state index in [0.717, 1.165) is 35.8 Å². The molecule has 0 bridgehead atoms. The van der Waals surface area contributed by atoms with Crippen molar-refractivity contribution in [1.29, 1.82) is 0 Å². The van der Waals surface area contributed by atoms with E-state index in [2.05, 4.69) is 45.0 Å². The fourth-order valence-corrected chi connectivity index (χ4v) is 5.98. The summed E-state index contributed by atoms with van der Waals surface area (Å²) < 4.78 is 70.0. The van der Waals surface area contributed by atoms with Crippen molar-refractivity contribution >= 4 is 35.0 Å². The van der Waals surface area contributed by atoms with Crippen LogP contribution in [0.2, 0.25) is 0 Å². The second kappa shape index (κ2) is 13.1. The van der Waals surface area contributed by atoms with Crippen LogP contribution in [-0.4, -0.2) is 79.1 Å². The van der Waals surface area contributed by atoms with E-state index in [4.69, 9.17) is 24.5 Å². The first kappa shape index (κ1) is 31.8. The first-order valence-electron chi connectivity index (χ1n) is 10.9. The molecule has 0 aliphatic carbocycles. The van der Waals surface area contributed by atoms with Crippen LogP contribution in [0.3, 0.4) is 0 Å². The number of carboxylic acid groups (broad SMARTS) is 2. The molecule has 2 aromatic rings. The van der Waals surface area contributed by atoms with Crippen LogP contribution in [0.1, 0.15) is 28.5 Å². The number of alkyl halides is 6. The van der Waals surface area contributed by atoms with E-state index in [1.54, 1.807) is 11.3 Å². The maximum absolute atomic E-state index is 10.6. The van der Waals surface area contributed by atoms with Crippen LogP contribution in [0.25, 0.3) is 0 Å². The summed E-state index contributed by atoms with van der Waals surface area (Å²) in [5, 5.41) is 17.6. The molecular weight excluding hydrogens is 564 g/mol. The van der Waals surface area contributed by atoms with Gasteiger partial charge in [-0.2, -0.15) is 26.3 Å². The summed E-state index contributed by atoms with van der Waals surface area (Å²) in [7, 11) is 0. The van der Waals surface area contributed by atoms with Gasteiger partial charge in [-0.25, -0.2) is 14.6 Å². The lowest BCUT2D eigenvalue weighted by molar-refractivity contribution is -0.193. The summed E-state index contributed by atoms with van der Waals surface area (Å²) in [4.78, 5) is 29.4. The summed E-state index contributed by atoms with van der Waals surface area (Å²) in [6.45, 7) is 8.05. The van der Waals surface area contributed by atoms with E-state index in [1.165, 1.54) is 18.1 Å². The molecule has 0 saturated carbocycles. The Balaban J connectivity index is 0.000000301. The van der Waals surface area contributed by atoms with Crippen LogP contribution >= 0.6 is 23.1 Å². The second-order valence-electron chi connectivity index (χ2n) is 8.54. The fourth-order valence-electron chi connectivity index (χ4n) is 3.56. The molecule has 1 spiro atoms. The lowest BCUT2D eigenvalue weighted by Gasteiger charge is -2.47. The number of likely N-dealkylation sites (tertiary alicyclic amines) is 1. The van der Waals surface area contributed by atoms with Crippen LogP contribution in [-0.2, 0) is 27.5 Å². The third-order valence-electron chi connectivity index (χ3n) is 5.12. The van der Waals surface area contributed by atoms with Gasteiger partial charge in [0.05, 0.1) is 24.9 Å². The van der Waals surface area contributed by atoms with E-state index >= 15 is 0 Å². The van der Waals surface area contributed by atoms with E-state index < -0.39 is 24.3 Å². The molecule has 0 amide bonds. The van der Waals surface area contributed by atoms with Crippen molar-refractivity contribution in [3.63, 3.8) is 0 Å². The van der Waals surface area contributed by atoms with Crippen molar-refractivity contribution < 1.29 is 50.9 Å². The third kappa shape index (κ3) is 10.4. The zero-order chi connectivity index (χ0) is 28.7. The number of halogens is 6. The highest BCUT2D eigenvalue weighted by Crippen LogP contribution is 2.46. The monoisotopic (exact) mass is 589 g/mol. The second-order valence-corrected chi connectivity index (χ2v) is 11.0. The van der Waals surface area contributed by atoms with Crippen LogP contribution in [0.5, 0.6) is 0 Å². The maximum atomic E-state index is 10.6. The number of hydrogen-bond acceptors (Lipinski definition) is 8. The minimum Gasteiger partial charge on any atom is -0.475 e. The van der Waals surface area contributed by atoms with Crippen molar-refractivity contribution in [3.8, 4) is 0 Å². The number of pyridine rings is 1. The molecule has 2 N–H and O–H groups in total. The Morgan fingerprint density at radius 1 is 1.05 bits per heavy atom. The SMILES string of the molecule is Cc1cccc(COC2CSC3(C2)CN(Cc2nc(C)cs2)C3)n1.O=C(O)C(F)(F)F.O=C(O)C(F)(F)F. The van der Waals surface area contributed by atoms with E-state index in [1.807, 2.05) is 19.1 Å². The van der Waals surface area contributed by atoms with E-state index in [-0.39, 0.29) is 0 Å². The molecule has 0 aromatic carbocycles. The average Bonchev–Trinajstić information content (AvgIpc) is 3.38. The number of thioether (sulfide) groups is 1. The maximum Gasteiger partial charge on any atom is 0.490 e. The minimum absolute atomic E-state index is 0.363.